The summed E-state index contributed by atoms with van der Waals surface area (Å²) in [4.78, 5) is 0. The first-order valence-corrected chi connectivity index (χ1v) is 7.71. The molecule has 102 valence electrons. The molecule has 0 amide bonds. The fraction of sp³-hybridized carbons (Fsp3) is 0.500. The molecule has 0 bridgehead atoms. The molecule has 4 nitrogen and oxygen atoms in total. The Morgan fingerprint density at radius 2 is 2.11 bits per heavy atom. The van der Waals surface area contributed by atoms with Crippen molar-refractivity contribution in [3.8, 4) is 5.75 Å². The minimum absolute atomic E-state index is 0.0497. The maximum absolute atomic E-state index is 11.9. The van der Waals surface area contributed by atoms with Crippen molar-refractivity contribution < 1.29 is 18.3 Å². The first kappa shape index (κ1) is 15.3. The topological polar surface area (TPSA) is 63.6 Å². The van der Waals surface area contributed by atoms with Gasteiger partial charge >= 0.3 is 0 Å². The minimum Gasteiger partial charge on any atom is -0.497 e. The zero-order chi connectivity index (χ0) is 13.8. The molecular weight excluding hydrogens is 276 g/mol. The van der Waals surface area contributed by atoms with E-state index in [0.717, 1.165) is 0 Å². The average molecular weight is 293 g/mol. The quantitative estimate of drug-likeness (QED) is 0.870. The Labute approximate surface area is 112 Å². The van der Waals surface area contributed by atoms with Gasteiger partial charge in [0.15, 0.2) is 9.84 Å². The van der Waals surface area contributed by atoms with Gasteiger partial charge in [-0.2, -0.15) is 0 Å². The zero-order valence-electron chi connectivity index (χ0n) is 10.4. The second-order valence-corrected chi connectivity index (χ2v) is 6.82. The van der Waals surface area contributed by atoms with E-state index in [9.17, 15) is 8.42 Å². The van der Waals surface area contributed by atoms with Crippen LogP contribution < -0.4 is 4.74 Å². The number of methoxy groups -OCH3 is 1. The van der Waals surface area contributed by atoms with Crippen LogP contribution in [-0.4, -0.2) is 33.0 Å². The van der Waals surface area contributed by atoms with Crippen molar-refractivity contribution in [2.75, 3.05) is 19.5 Å². The number of aliphatic hydroxyl groups excluding tert-OH is 1. The van der Waals surface area contributed by atoms with Gasteiger partial charge in [0.25, 0.3) is 0 Å². The molecule has 0 heterocycles. The molecule has 0 radical (unpaired) electrons. The van der Waals surface area contributed by atoms with E-state index in [1.807, 2.05) is 0 Å². The van der Waals surface area contributed by atoms with Gasteiger partial charge in [-0.25, -0.2) is 8.42 Å². The molecule has 0 aliphatic rings. The van der Waals surface area contributed by atoms with Crippen molar-refractivity contribution in [1.29, 1.82) is 0 Å². The number of benzene rings is 1. The Morgan fingerprint density at radius 1 is 1.44 bits per heavy atom. The van der Waals surface area contributed by atoms with Crippen LogP contribution in [0.25, 0.3) is 0 Å². The second kappa shape index (κ2) is 6.41. The van der Waals surface area contributed by atoms with Crippen molar-refractivity contribution in [3.63, 3.8) is 0 Å². The lowest BCUT2D eigenvalue weighted by molar-refractivity contribution is 0.249. The molecule has 0 saturated heterocycles. The van der Waals surface area contributed by atoms with Gasteiger partial charge in [-0.1, -0.05) is 24.6 Å². The van der Waals surface area contributed by atoms with Crippen LogP contribution >= 0.6 is 11.6 Å². The van der Waals surface area contributed by atoms with E-state index >= 15 is 0 Å². The van der Waals surface area contributed by atoms with Crippen LogP contribution in [0.4, 0.5) is 0 Å². The third kappa shape index (κ3) is 4.48. The number of hydrogen-bond acceptors (Lipinski definition) is 4. The number of aliphatic hydroxyl groups is 1. The van der Waals surface area contributed by atoms with Crippen molar-refractivity contribution in [3.05, 3.63) is 28.8 Å². The van der Waals surface area contributed by atoms with Gasteiger partial charge in [-0.3, -0.25) is 0 Å². The van der Waals surface area contributed by atoms with Gasteiger partial charge in [0.1, 0.15) is 5.75 Å². The molecule has 1 aromatic carbocycles. The van der Waals surface area contributed by atoms with Gasteiger partial charge in [-0.05, 0) is 23.6 Å². The maximum atomic E-state index is 11.9. The largest absolute Gasteiger partial charge is 0.497 e. The highest BCUT2D eigenvalue weighted by Crippen LogP contribution is 2.24. The van der Waals surface area contributed by atoms with Crippen LogP contribution in [-0.2, 0) is 15.6 Å². The smallest absolute Gasteiger partial charge is 0.154 e. The molecule has 1 N–H and O–H groups in total. The summed E-state index contributed by atoms with van der Waals surface area (Å²) in [6.45, 7) is 1.54. The maximum Gasteiger partial charge on any atom is 0.154 e. The van der Waals surface area contributed by atoms with Crippen molar-refractivity contribution >= 4 is 21.4 Å². The molecule has 18 heavy (non-hydrogen) atoms. The molecular formula is C12H17ClO4S. The molecule has 0 fully saturated rings. The summed E-state index contributed by atoms with van der Waals surface area (Å²) in [6.07, 6.45) is 0. The van der Waals surface area contributed by atoms with E-state index in [0.29, 0.717) is 16.3 Å². The van der Waals surface area contributed by atoms with Crippen LogP contribution in [0.15, 0.2) is 18.2 Å². The Hall–Kier alpha value is -0.780. The first-order chi connectivity index (χ1) is 8.38. The van der Waals surface area contributed by atoms with Crippen LogP contribution in [0.5, 0.6) is 5.75 Å². The Balaban J connectivity index is 2.84. The van der Waals surface area contributed by atoms with Crippen molar-refractivity contribution in [2.24, 2.45) is 5.92 Å². The fourth-order valence-electron chi connectivity index (χ4n) is 1.55. The molecule has 0 spiro atoms. The molecule has 1 aromatic rings. The van der Waals surface area contributed by atoms with Gasteiger partial charge < -0.3 is 9.84 Å². The average Bonchev–Trinajstić information content (AvgIpc) is 2.30. The van der Waals surface area contributed by atoms with Gasteiger partial charge in [0.05, 0.1) is 18.6 Å². The molecule has 0 unspecified atom stereocenters. The zero-order valence-corrected chi connectivity index (χ0v) is 12.0. The highest BCUT2D eigenvalue weighted by molar-refractivity contribution is 7.90. The minimum atomic E-state index is -3.27. The van der Waals surface area contributed by atoms with Crippen LogP contribution in [0, 0.1) is 5.92 Å². The van der Waals surface area contributed by atoms with Gasteiger partial charge in [0.2, 0.25) is 0 Å². The Kier molecular flexibility index (Phi) is 5.44. The van der Waals surface area contributed by atoms with E-state index in [1.165, 1.54) is 7.11 Å². The summed E-state index contributed by atoms with van der Waals surface area (Å²) in [6, 6.07) is 4.90. The number of rotatable bonds is 6. The summed E-state index contributed by atoms with van der Waals surface area (Å²) in [5.41, 5.74) is 0.544. The number of sulfone groups is 1. The third-order valence-corrected chi connectivity index (χ3v) is 4.67. The number of hydrogen-bond donors (Lipinski definition) is 1. The highest BCUT2D eigenvalue weighted by atomic mass is 35.5. The van der Waals surface area contributed by atoms with Gasteiger partial charge in [0, 0.05) is 11.6 Å². The van der Waals surface area contributed by atoms with Crippen LogP contribution in [0.3, 0.4) is 0 Å². The number of ether oxygens (including phenoxy) is 1. The Morgan fingerprint density at radius 3 is 2.61 bits per heavy atom. The van der Waals surface area contributed by atoms with Gasteiger partial charge in [-0.15, -0.1) is 0 Å². The van der Waals surface area contributed by atoms with E-state index in [-0.39, 0.29) is 24.0 Å². The SMILES string of the molecule is COc1ccc(CS(=O)(=O)C[C@@H](C)CO)c(Cl)c1. The summed E-state index contributed by atoms with van der Waals surface area (Å²) in [5.74, 6) is 0.142. The van der Waals surface area contributed by atoms with Crippen LogP contribution in [0.1, 0.15) is 12.5 Å². The predicted molar refractivity (Wildman–Crippen MR) is 71.7 cm³/mol. The highest BCUT2D eigenvalue weighted by Gasteiger charge is 2.17. The van der Waals surface area contributed by atoms with Crippen molar-refractivity contribution in [2.45, 2.75) is 12.7 Å². The van der Waals surface area contributed by atoms with E-state index in [1.54, 1.807) is 25.1 Å². The first-order valence-electron chi connectivity index (χ1n) is 5.51. The lowest BCUT2D eigenvalue weighted by Crippen LogP contribution is -2.18. The molecule has 0 aliphatic heterocycles. The summed E-state index contributed by atoms with van der Waals surface area (Å²) in [5, 5.41) is 9.25. The predicted octanol–water partition coefficient (Wildman–Crippen LogP) is 1.89. The molecule has 1 atom stereocenters. The Bertz CT molecular complexity index is 499. The lowest BCUT2D eigenvalue weighted by atomic mass is 10.2. The van der Waals surface area contributed by atoms with E-state index < -0.39 is 9.84 Å². The summed E-state index contributed by atoms with van der Waals surface area (Å²) in [7, 11) is -1.75. The normalized spacial score (nSPS) is 13.3. The molecule has 6 heteroatoms. The molecule has 1 rings (SSSR count). The summed E-state index contributed by atoms with van der Waals surface area (Å²) >= 11 is 5.99. The molecule has 0 aliphatic carbocycles. The monoisotopic (exact) mass is 292 g/mol. The standard InChI is InChI=1S/C12H17ClO4S/c1-9(6-14)7-18(15,16)8-10-3-4-11(17-2)5-12(10)13/h3-5,9,14H,6-8H2,1-2H3/t9-/m0/s1. The van der Waals surface area contributed by atoms with Crippen molar-refractivity contribution in [1.82, 2.24) is 0 Å². The van der Waals surface area contributed by atoms with E-state index in [2.05, 4.69) is 0 Å². The second-order valence-electron chi connectivity index (χ2n) is 4.30. The lowest BCUT2D eigenvalue weighted by Gasteiger charge is -2.10. The van der Waals surface area contributed by atoms with E-state index in [4.69, 9.17) is 21.4 Å². The molecule has 0 saturated carbocycles. The van der Waals surface area contributed by atoms with Crippen LogP contribution in [0.2, 0.25) is 5.02 Å². The summed E-state index contributed by atoms with van der Waals surface area (Å²) < 4.78 is 28.7. The number of halogens is 1. The third-order valence-electron chi connectivity index (χ3n) is 2.49. The fourth-order valence-corrected chi connectivity index (χ4v) is 3.69. The molecule has 0 aromatic heterocycles.